The quantitative estimate of drug-likeness (QED) is 0.817. The Morgan fingerprint density at radius 2 is 1.78 bits per heavy atom. The summed E-state index contributed by atoms with van der Waals surface area (Å²) in [6, 6.07) is 8.70. The largest absolute Gasteiger partial charge is 0.342 e. The average Bonchev–Trinajstić information content (AvgIpc) is 3.24. The SMILES string of the molecule is Cl.NC1CCC2CN(C(=O)C3CCCN(S(=O)(=O)c4ccccc4)C3)CC12. The van der Waals surface area contributed by atoms with Crippen LogP contribution in [-0.4, -0.2) is 55.8 Å². The van der Waals surface area contributed by atoms with Gasteiger partial charge in [0.25, 0.3) is 0 Å². The van der Waals surface area contributed by atoms with Gasteiger partial charge in [-0.25, -0.2) is 8.42 Å². The van der Waals surface area contributed by atoms with Crippen molar-refractivity contribution in [3.63, 3.8) is 0 Å². The van der Waals surface area contributed by atoms with Crippen LogP contribution in [0, 0.1) is 17.8 Å². The third kappa shape index (κ3) is 3.88. The highest BCUT2D eigenvalue weighted by atomic mass is 35.5. The lowest BCUT2D eigenvalue weighted by Gasteiger charge is -2.33. The first-order valence-corrected chi connectivity index (χ1v) is 11.0. The molecule has 150 valence electrons. The monoisotopic (exact) mass is 413 g/mol. The van der Waals surface area contributed by atoms with Gasteiger partial charge < -0.3 is 10.6 Å². The molecule has 4 atom stereocenters. The van der Waals surface area contributed by atoms with E-state index in [0.29, 0.717) is 23.3 Å². The van der Waals surface area contributed by atoms with Crippen LogP contribution in [0.25, 0.3) is 0 Å². The third-order valence-electron chi connectivity index (χ3n) is 6.34. The number of benzene rings is 1. The van der Waals surface area contributed by atoms with E-state index in [9.17, 15) is 13.2 Å². The van der Waals surface area contributed by atoms with E-state index in [1.807, 2.05) is 4.90 Å². The fourth-order valence-corrected chi connectivity index (χ4v) is 6.39. The van der Waals surface area contributed by atoms with E-state index in [2.05, 4.69) is 0 Å². The van der Waals surface area contributed by atoms with Gasteiger partial charge in [-0.3, -0.25) is 4.79 Å². The minimum absolute atomic E-state index is 0. The van der Waals surface area contributed by atoms with E-state index in [1.165, 1.54) is 4.31 Å². The molecule has 3 fully saturated rings. The summed E-state index contributed by atoms with van der Waals surface area (Å²) in [4.78, 5) is 15.3. The van der Waals surface area contributed by atoms with Crippen LogP contribution in [0.1, 0.15) is 25.7 Å². The van der Waals surface area contributed by atoms with Gasteiger partial charge in [-0.1, -0.05) is 18.2 Å². The van der Waals surface area contributed by atoms with Crippen LogP contribution in [0.4, 0.5) is 0 Å². The Hall–Kier alpha value is -1.15. The molecule has 2 saturated heterocycles. The number of amides is 1. The van der Waals surface area contributed by atoms with E-state index >= 15 is 0 Å². The predicted molar refractivity (Wildman–Crippen MR) is 106 cm³/mol. The summed E-state index contributed by atoms with van der Waals surface area (Å²) < 4.78 is 27.2. The van der Waals surface area contributed by atoms with E-state index in [-0.39, 0.29) is 36.8 Å². The fourth-order valence-electron chi connectivity index (χ4n) is 4.85. The Morgan fingerprint density at radius 1 is 1.04 bits per heavy atom. The van der Waals surface area contributed by atoms with Crippen molar-refractivity contribution in [1.82, 2.24) is 9.21 Å². The molecule has 4 rings (SSSR count). The second-order valence-electron chi connectivity index (χ2n) is 7.92. The number of hydrogen-bond acceptors (Lipinski definition) is 4. The molecule has 4 unspecified atom stereocenters. The first-order chi connectivity index (χ1) is 12.5. The molecule has 1 aromatic rings. The number of sulfonamides is 1. The normalized spacial score (nSPS) is 31.4. The second-order valence-corrected chi connectivity index (χ2v) is 9.86. The summed E-state index contributed by atoms with van der Waals surface area (Å²) in [6.45, 7) is 2.30. The number of piperidine rings is 1. The summed E-state index contributed by atoms with van der Waals surface area (Å²) >= 11 is 0. The van der Waals surface area contributed by atoms with E-state index in [1.54, 1.807) is 30.3 Å². The van der Waals surface area contributed by atoms with Crippen molar-refractivity contribution in [2.45, 2.75) is 36.6 Å². The maximum atomic E-state index is 13.0. The Balaban J connectivity index is 0.00000210. The zero-order valence-corrected chi connectivity index (χ0v) is 17.0. The van der Waals surface area contributed by atoms with Crippen LogP contribution in [0.3, 0.4) is 0 Å². The van der Waals surface area contributed by atoms with Gasteiger partial charge in [0.05, 0.1) is 10.8 Å². The standard InChI is InChI=1S/C19H27N3O3S.ClH/c20-18-9-8-14-11-21(13-17(14)18)19(23)15-5-4-10-22(12-15)26(24,25)16-6-2-1-3-7-16;/h1-3,6-7,14-15,17-18H,4-5,8-13,20H2;1H. The van der Waals surface area contributed by atoms with Crippen LogP contribution < -0.4 is 5.73 Å². The number of carbonyl (C=O) groups is 1. The molecule has 3 aliphatic rings. The third-order valence-corrected chi connectivity index (χ3v) is 8.22. The van der Waals surface area contributed by atoms with E-state index in [4.69, 9.17) is 5.73 Å². The first kappa shape index (κ1) is 20.6. The Bertz CT molecular complexity index is 774. The molecule has 1 aliphatic carbocycles. The minimum atomic E-state index is -3.53. The highest BCUT2D eigenvalue weighted by Gasteiger charge is 2.44. The average molecular weight is 414 g/mol. The van der Waals surface area contributed by atoms with Crippen molar-refractivity contribution in [1.29, 1.82) is 0 Å². The topological polar surface area (TPSA) is 83.7 Å². The molecule has 2 heterocycles. The highest BCUT2D eigenvalue weighted by molar-refractivity contribution is 7.89. The van der Waals surface area contributed by atoms with Gasteiger partial charge >= 0.3 is 0 Å². The molecule has 2 aliphatic heterocycles. The number of rotatable bonds is 3. The summed E-state index contributed by atoms with van der Waals surface area (Å²) in [5.41, 5.74) is 6.18. The van der Waals surface area contributed by atoms with Crippen molar-refractivity contribution in [2.24, 2.45) is 23.5 Å². The van der Waals surface area contributed by atoms with Gasteiger partial charge in [0, 0.05) is 32.2 Å². The maximum Gasteiger partial charge on any atom is 0.243 e. The molecule has 27 heavy (non-hydrogen) atoms. The Morgan fingerprint density at radius 3 is 2.48 bits per heavy atom. The smallest absolute Gasteiger partial charge is 0.243 e. The molecule has 0 spiro atoms. The predicted octanol–water partition coefficient (Wildman–Crippen LogP) is 1.70. The summed E-state index contributed by atoms with van der Waals surface area (Å²) in [7, 11) is -3.53. The molecule has 2 N–H and O–H groups in total. The maximum absolute atomic E-state index is 13.0. The second kappa shape index (κ2) is 8.07. The zero-order valence-electron chi connectivity index (χ0n) is 15.4. The molecule has 8 heteroatoms. The molecular weight excluding hydrogens is 386 g/mol. The molecule has 6 nitrogen and oxygen atoms in total. The molecule has 0 aromatic heterocycles. The van der Waals surface area contributed by atoms with Crippen LogP contribution in [-0.2, 0) is 14.8 Å². The summed E-state index contributed by atoms with van der Waals surface area (Å²) in [5.74, 6) is 0.824. The number of carbonyl (C=O) groups excluding carboxylic acids is 1. The first-order valence-electron chi connectivity index (χ1n) is 9.56. The molecule has 0 radical (unpaired) electrons. The van der Waals surface area contributed by atoms with Crippen LogP contribution in [0.5, 0.6) is 0 Å². The highest BCUT2D eigenvalue weighted by Crippen LogP contribution is 2.38. The number of nitrogens with two attached hydrogens (primary N) is 1. The van der Waals surface area contributed by atoms with Crippen molar-refractivity contribution >= 4 is 28.3 Å². The van der Waals surface area contributed by atoms with E-state index in [0.717, 1.165) is 38.8 Å². The van der Waals surface area contributed by atoms with Gasteiger partial charge in [0.1, 0.15) is 0 Å². The van der Waals surface area contributed by atoms with E-state index < -0.39 is 10.0 Å². The van der Waals surface area contributed by atoms with Gasteiger partial charge in [-0.05, 0) is 49.7 Å². The number of hydrogen-bond donors (Lipinski definition) is 1. The van der Waals surface area contributed by atoms with Crippen molar-refractivity contribution in [2.75, 3.05) is 26.2 Å². The zero-order chi connectivity index (χ0) is 18.3. The van der Waals surface area contributed by atoms with Gasteiger partial charge in [0.2, 0.25) is 15.9 Å². The lowest BCUT2D eigenvalue weighted by Crippen LogP contribution is -2.46. The van der Waals surface area contributed by atoms with Crippen LogP contribution in [0.15, 0.2) is 35.2 Å². The number of halogens is 1. The summed E-state index contributed by atoms with van der Waals surface area (Å²) in [6.07, 6.45) is 3.65. The number of likely N-dealkylation sites (tertiary alicyclic amines) is 1. The molecule has 1 amide bonds. The molecule has 1 aromatic carbocycles. The van der Waals surface area contributed by atoms with Gasteiger partial charge in [-0.15, -0.1) is 12.4 Å². The molecule has 0 bridgehead atoms. The van der Waals surface area contributed by atoms with Crippen LogP contribution >= 0.6 is 12.4 Å². The van der Waals surface area contributed by atoms with Crippen molar-refractivity contribution < 1.29 is 13.2 Å². The summed E-state index contributed by atoms with van der Waals surface area (Å²) in [5, 5.41) is 0. The van der Waals surface area contributed by atoms with Crippen LogP contribution in [0.2, 0.25) is 0 Å². The van der Waals surface area contributed by atoms with Gasteiger partial charge in [0.15, 0.2) is 0 Å². The minimum Gasteiger partial charge on any atom is -0.342 e. The fraction of sp³-hybridized carbons (Fsp3) is 0.632. The Labute approximate surface area is 167 Å². The lowest BCUT2D eigenvalue weighted by molar-refractivity contribution is -0.135. The number of fused-ring (bicyclic) bond motifs is 1. The molecular formula is C19H28ClN3O3S. The van der Waals surface area contributed by atoms with Gasteiger partial charge in [-0.2, -0.15) is 4.31 Å². The lowest BCUT2D eigenvalue weighted by atomic mass is 9.98. The van der Waals surface area contributed by atoms with Crippen molar-refractivity contribution in [3.05, 3.63) is 30.3 Å². The number of nitrogens with zero attached hydrogens (tertiary/aromatic N) is 2. The Kier molecular flexibility index (Phi) is 6.15. The van der Waals surface area contributed by atoms with Crippen molar-refractivity contribution in [3.8, 4) is 0 Å². The molecule has 1 saturated carbocycles.